The third-order valence-electron chi connectivity index (χ3n) is 4.99. The number of carbonyl (C=O) groups is 1. The quantitative estimate of drug-likeness (QED) is 0.804. The zero-order valence-electron chi connectivity index (χ0n) is 15.6. The zero-order chi connectivity index (χ0) is 19.2. The minimum absolute atomic E-state index is 0.0934. The lowest BCUT2D eigenvalue weighted by Crippen LogP contribution is -2.42. The number of nitrogens with zero attached hydrogens (tertiary/aromatic N) is 3. The lowest BCUT2D eigenvalue weighted by atomic mass is 10.1. The second kappa shape index (κ2) is 8.68. The highest BCUT2D eigenvalue weighted by Gasteiger charge is 2.20. The van der Waals surface area contributed by atoms with E-state index in [1.54, 1.807) is 6.07 Å². The highest BCUT2D eigenvalue weighted by Crippen LogP contribution is 2.21. The molecule has 1 aliphatic heterocycles. The third kappa shape index (κ3) is 4.85. The number of halogens is 1. The summed E-state index contributed by atoms with van der Waals surface area (Å²) in [5, 5.41) is 9.34. The zero-order valence-corrected chi connectivity index (χ0v) is 15.6. The van der Waals surface area contributed by atoms with Crippen molar-refractivity contribution < 1.29 is 9.18 Å². The summed E-state index contributed by atoms with van der Waals surface area (Å²) in [5.41, 5.74) is 3.07. The molecule has 0 unspecified atom stereocenters. The number of amides is 1. The van der Waals surface area contributed by atoms with Crippen molar-refractivity contribution in [3.8, 4) is 6.07 Å². The van der Waals surface area contributed by atoms with Gasteiger partial charge < -0.3 is 9.80 Å². The number of likely N-dealkylation sites (tertiary alicyclic amines) is 1. The lowest BCUT2D eigenvalue weighted by Gasteiger charge is -2.31. The molecule has 0 saturated carbocycles. The Kier molecular flexibility index (Phi) is 6.08. The smallest absolute Gasteiger partial charge is 0.242 e. The Morgan fingerprint density at radius 3 is 2.52 bits per heavy atom. The molecule has 0 spiro atoms. The number of piperidine rings is 1. The van der Waals surface area contributed by atoms with Crippen LogP contribution in [-0.2, 0) is 11.3 Å². The first-order chi connectivity index (χ1) is 13.1. The molecule has 1 saturated heterocycles. The average molecular weight is 365 g/mol. The predicted octanol–water partition coefficient (Wildman–Crippen LogP) is 4.02. The molecule has 3 rings (SSSR count). The second-order valence-corrected chi connectivity index (χ2v) is 7.05. The van der Waals surface area contributed by atoms with E-state index in [0.29, 0.717) is 17.7 Å². The minimum Gasteiger partial charge on any atom is -0.358 e. The van der Waals surface area contributed by atoms with E-state index in [9.17, 15) is 14.4 Å². The minimum atomic E-state index is -0.429. The number of rotatable bonds is 5. The Labute approximate surface area is 159 Å². The first-order valence-corrected chi connectivity index (χ1v) is 9.35. The molecule has 0 bridgehead atoms. The summed E-state index contributed by atoms with van der Waals surface area (Å²) < 4.78 is 13.5. The van der Waals surface area contributed by atoms with Crippen LogP contribution in [0.3, 0.4) is 0 Å². The molecule has 140 valence electrons. The largest absolute Gasteiger partial charge is 0.358 e. The van der Waals surface area contributed by atoms with Crippen molar-refractivity contribution >= 4 is 11.6 Å². The van der Waals surface area contributed by atoms with Crippen molar-refractivity contribution in [2.75, 3.05) is 24.5 Å². The molecular formula is C22H24FN3O. The Bertz CT molecular complexity index is 836. The van der Waals surface area contributed by atoms with Crippen molar-refractivity contribution in [3.05, 3.63) is 65.0 Å². The summed E-state index contributed by atoms with van der Waals surface area (Å²) in [6, 6.07) is 14.3. The van der Waals surface area contributed by atoms with Crippen LogP contribution in [0.4, 0.5) is 10.1 Å². The summed E-state index contributed by atoms with van der Waals surface area (Å²) in [7, 11) is 0. The molecule has 0 aromatic heterocycles. The van der Waals surface area contributed by atoms with Crippen LogP contribution < -0.4 is 4.90 Å². The topological polar surface area (TPSA) is 47.3 Å². The molecule has 4 nitrogen and oxygen atoms in total. The number of anilines is 1. The van der Waals surface area contributed by atoms with Crippen LogP contribution in [0.25, 0.3) is 0 Å². The summed E-state index contributed by atoms with van der Waals surface area (Å²) in [6.45, 7) is 4.25. The van der Waals surface area contributed by atoms with Gasteiger partial charge in [-0.15, -0.1) is 0 Å². The van der Waals surface area contributed by atoms with Crippen LogP contribution in [0.5, 0.6) is 0 Å². The van der Waals surface area contributed by atoms with E-state index >= 15 is 0 Å². The highest BCUT2D eigenvalue weighted by atomic mass is 19.1. The maximum atomic E-state index is 13.5. The molecule has 0 radical (unpaired) electrons. The molecule has 5 heteroatoms. The molecule has 1 fully saturated rings. The number of nitriles is 1. The van der Waals surface area contributed by atoms with Gasteiger partial charge in [0.05, 0.1) is 18.2 Å². The van der Waals surface area contributed by atoms with Gasteiger partial charge in [-0.1, -0.05) is 23.8 Å². The first kappa shape index (κ1) is 18.9. The van der Waals surface area contributed by atoms with Gasteiger partial charge >= 0.3 is 0 Å². The maximum Gasteiger partial charge on any atom is 0.242 e. The van der Waals surface area contributed by atoms with E-state index in [1.165, 1.54) is 18.6 Å². The normalized spacial score (nSPS) is 13.9. The van der Waals surface area contributed by atoms with Gasteiger partial charge in [-0.05, 0) is 56.0 Å². The van der Waals surface area contributed by atoms with Crippen LogP contribution in [-0.4, -0.2) is 30.4 Å². The van der Waals surface area contributed by atoms with E-state index < -0.39 is 5.82 Å². The molecule has 2 aromatic rings. The van der Waals surface area contributed by atoms with Crippen LogP contribution in [0, 0.1) is 24.1 Å². The number of carbonyl (C=O) groups excluding carboxylic acids is 1. The van der Waals surface area contributed by atoms with Crippen molar-refractivity contribution in [2.24, 2.45) is 0 Å². The van der Waals surface area contributed by atoms with Crippen molar-refractivity contribution in [1.29, 1.82) is 5.26 Å². The second-order valence-electron chi connectivity index (χ2n) is 7.05. The summed E-state index contributed by atoms with van der Waals surface area (Å²) >= 11 is 0. The van der Waals surface area contributed by atoms with Gasteiger partial charge in [-0.3, -0.25) is 4.79 Å². The van der Waals surface area contributed by atoms with E-state index in [4.69, 9.17) is 0 Å². The average Bonchev–Trinajstić information content (AvgIpc) is 2.70. The number of hydrogen-bond donors (Lipinski definition) is 0. The van der Waals surface area contributed by atoms with Gasteiger partial charge in [-0.2, -0.15) is 5.26 Å². The first-order valence-electron chi connectivity index (χ1n) is 9.35. The van der Waals surface area contributed by atoms with E-state index in [0.717, 1.165) is 37.2 Å². The van der Waals surface area contributed by atoms with E-state index in [1.807, 2.05) is 41.0 Å². The third-order valence-corrected chi connectivity index (χ3v) is 4.99. The van der Waals surface area contributed by atoms with Crippen molar-refractivity contribution in [1.82, 2.24) is 4.90 Å². The fraction of sp³-hybridized carbons (Fsp3) is 0.364. The summed E-state index contributed by atoms with van der Waals surface area (Å²) in [5.74, 6) is -0.336. The SMILES string of the molecule is Cc1ccc(N(CC(=O)N2CCCCC2)Cc2ccc(F)cc2C#N)cc1. The van der Waals surface area contributed by atoms with Gasteiger partial charge in [0.1, 0.15) is 5.82 Å². The van der Waals surface area contributed by atoms with Crippen LogP contribution in [0.2, 0.25) is 0 Å². The summed E-state index contributed by atoms with van der Waals surface area (Å²) in [6.07, 6.45) is 3.27. The monoisotopic (exact) mass is 365 g/mol. The highest BCUT2D eigenvalue weighted by molar-refractivity contribution is 5.81. The summed E-state index contributed by atoms with van der Waals surface area (Å²) in [4.78, 5) is 16.7. The van der Waals surface area contributed by atoms with Crippen LogP contribution in [0.1, 0.15) is 36.0 Å². The van der Waals surface area contributed by atoms with E-state index in [-0.39, 0.29) is 12.5 Å². The van der Waals surface area contributed by atoms with Crippen LogP contribution >= 0.6 is 0 Å². The molecule has 27 heavy (non-hydrogen) atoms. The van der Waals surface area contributed by atoms with Gasteiger partial charge in [0.2, 0.25) is 5.91 Å². The molecule has 2 aromatic carbocycles. The van der Waals surface area contributed by atoms with Gasteiger partial charge in [0.15, 0.2) is 0 Å². The Balaban J connectivity index is 1.84. The Morgan fingerprint density at radius 2 is 1.85 bits per heavy atom. The van der Waals surface area contributed by atoms with Crippen molar-refractivity contribution in [2.45, 2.75) is 32.7 Å². The molecule has 1 aliphatic rings. The number of aryl methyl sites for hydroxylation is 1. The molecular weight excluding hydrogens is 341 g/mol. The maximum absolute atomic E-state index is 13.5. The standard InChI is InChI=1S/C22H24FN3O/c1-17-5-9-21(10-6-17)26(16-22(27)25-11-3-2-4-12-25)15-18-7-8-20(23)13-19(18)14-24/h5-10,13H,2-4,11-12,15-16H2,1H3. The molecule has 1 heterocycles. The molecule has 0 atom stereocenters. The molecule has 1 amide bonds. The Hall–Kier alpha value is -2.87. The number of benzene rings is 2. The molecule has 0 N–H and O–H groups in total. The number of hydrogen-bond acceptors (Lipinski definition) is 3. The lowest BCUT2D eigenvalue weighted by molar-refractivity contribution is -0.130. The van der Waals surface area contributed by atoms with Gasteiger partial charge in [-0.25, -0.2) is 4.39 Å². The fourth-order valence-electron chi connectivity index (χ4n) is 3.40. The van der Waals surface area contributed by atoms with Crippen molar-refractivity contribution in [3.63, 3.8) is 0 Å². The Morgan fingerprint density at radius 1 is 1.15 bits per heavy atom. The fourth-order valence-corrected chi connectivity index (χ4v) is 3.40. The van der Waals surface area contributed by atoms with Crippen LogP contribution in [0.15, 0.2) is 42.5 Å². The molecule has 0 aliphatic carbocycles. The van der Waals surface area contributed by atoms with Gasteiger partial charge in [0.25, 0.3) is 0 Å². The van der Waals surface area contributed by atoms with Gasteiger partial charge in [0, 0.05) is 25.3 Å². The predicted molar refractivity (Wildman–Crippen MR) is 104 cm³/mol. The van der Waals surface area contributed by atoms with E-state index in [2.05, 4.69) is 6.07 Å².